The second-order valence-corrected chi connectivity index (χ2v) is 7.48. The Kier molecular flexibility index (Phi) is 6.63. The van der Waals surface area contributed by atoms with Crippen LogP contribution in [0.15, 0.2) is 17.0 Å². The third-order valence-corrected chi connectivity index (χ3v) is 6.07. The van der Waals surface area contributed by atoms with E-state index < -0.39 is 15.8 Å². The lowest BCUT2D eigenvalue weighted by Gasteiger charge is -2.24. The van der Waals surface area contributed by atoms with Gasteiger partial charge in [-0.05, 0) is 30.5 Å². The van der Waals surface area contributed by atoms with Crippen LogP contribution in [0.3, 0.4) is 0 Å². The molecule has 120 valence electrons. The highest BCUT2D eigenvalue weighted by Crippen LogP contribution is 2.25. The van der Waals surface area contributed by atoms with Gasteiger partial charge < -0.3 is 0 Å². The minimum atomic E-state index is -3.71. The van der Waals surface area contributed by atoms with Crippen molar-refractivity contribution in [3.05, 3.63) is 29.1 Å². The molecule has 1 aromatic carbocycles. The molecule has 0 bridgehead atoms. The maximum absolute atomic E-state index is 13.9. The molecule has 0 fully saturated rings. The highest BCUT2D eigenvalue weighted by Gasteiger charge is 2.27. The van der Waals surface area contributed by atoms with Crippen molar-refractivity contribution in [3.8, 4) is 0 Å². The van der Waals surface area contributed by atoms with Gasteiger partial charge in [-0.25, -0.2) is 12.8 Å². The fourth-order valence-electron chi connectivity index (χ4n) is 2.07. The predicted molar refractivity (Wildman–Crippen MR) is 84.6 cm³/mol. The van der Waals surface area contributed by atoms with Crippen molar-refractivity contribution in [1.82, 2.24) is 4.31 Å². The topological polar surface area (TPSA) is 37.4 Å². The van der Waals surface area contributed by atoms with E-state index in [2.05, 4.69) is 0 Å². The summed E-state index contributed by atoms with van der Waals surface area (Å²) in [5.41, 5.74) is 0.615. The van der Waals surface area contributed by atoms with Crippen LogP contribution >= 0.6 is 11.6 Å². The highest BCUT2D eigenvalue weighted by molar-refractivity contribution is 7.89. The number of halogens is 2. The molecule has 0 aliphatic rings. The first-order valence-electron chi connectivity index (χ1n) is 7.13. The molecule has 3 nitrogen and oxygen atoms in total. The summed E-state index contributed by atoms with van der Waals surface area (Å²) in [6.07, 6.45) is 0.890. The van der Waals surface area contributed by atoms with Gasteiger partial charge in [-0.3, -0.25) is 0 Å². The SMILES string of the molecule is CCC(C)CN(CC)S(=O)(=O)c1cc(CCl)cc(F)c1C. The number of hydrogen-bond acceptors (Lipinski definition) is 2. The van der Waals surface area contributed by atoms with Gasteiger partial charge in [0.05, 0.1) is 4.90 Å². The van der Waals surface area contributed by atoms with Crippen LogP contribution in [0.4, 0.5) is 4.39 Å². The minimum absolute atomic E-state index is 0.0169. The molecule has 1 unspecified atom stereocenters. The quantitative estimate of drug-likeness (QED) is 0.708. The average molecular weight is 336 g/mol. The smallest absolute Gasteiger partial charge is 0.207 e. The molecule has 21 heavy (non-hydrogen) atoms. The van der Waals surface area contributed by atoms with Crippen molar-refractivity contribution in [1.29, 1.82) is 0 Å². The Hall–Kier alpha value is -0.650. The molecule has 0 aliphatic heterocycles. The Morgan fingerprint density at radius 2 is 1.95 bits per heavy atom. The number of nitrogens with zero attached hydrogens (tertiary/aromatic N) is 1. The fourth-order valence-corrected chi connectivity index (χ4v) is 4.07. The summed E-state index contributed by atoms with van der Waals surface area (Å²) in [5, 5.41) is 0. The van der Waals surface area contributed by atoms with E-state index in [-0.39, 0.29) is 22.3 Å². The molecule has 6 heteroatoms. The van der Waals surface area contributed by atoms with Crippen molar-refractivity contribution >= 4 is 21.6 Å². The van der Waals surface area contributed by atoms with Crippen LogP contribution < -0.4 is 0 Å². The van der Waals surface area contributed by atoms with E-state index in [9.17, 15) is 12.8 Å². The molecule has 0 saturated carbocycles. The van der Waals surface area contributed by atoms with Gasteiger partial charge in [-0.1, -0.05) is 27.2 Å². The van der Waals surface area contributed by atoms with Gasteiger partial charge in [0, 0.05) is 24.5 Å². The predicted octanol–water partition coefficient (Wildman–Crippen LogP) is 3.93. The summed E-state index contributed by atoms with van der Waals surface area (Å²) in [5.74, 6) is -0.204. The molecule has 0 heterocycles. The Bertz CT molecular complexity index is 590. The van der Waals surface area contributed by atoms with Crippen LogP contribution in [0.5, 0.6) is 0 Å². The van der Waals surface area contributed by atoms with Crippen molar-refractivity contribution in [2.45, 2.75) is 44.9 Å². The molecule has 0 N–H and O–H groups in total. The largest absolute Gasteiger partial charge is 0.243 e. The second kappa shape index (κ2) is 7.56. The van der Waals surface area contributed by atoms with E-state index in [1.165, 1.54) is 23.4 Å². The van der Waals surface area contributed by atoms with Crippen LogP contribution in [0.25, 0.3) is 0 Å². The summed E-state index contributed by atoms with van der Waals surface area (Å²) in [6, 6.07) is 2.76. The number of sulfonamides is 1. The minimum Gasteiger partial charge on any atom is -0.207 e. The maximum Gasteiger partial charge on any atom is 0.243 e. The third-order valence-electron chi connectivity index (χ3n) is 3.69. The molecule has 0 aliphatic carbocycles. The van der Waals surface area contributed by atoms with E-state index >= 15 is 0 Å². The van der Waals surface area contributed by atoms with Crippen LogP contribution in [0, 0.1) is 18.7 Å². The van der Waals surface area contributed by atoms with Crippen LogP contribution in [0.2, 0.25) is 0 Å². The van der Waals surface area contributed by atoms with Gasteiger partial charge in [0.25, 0.3) is 0 Å². The standard InChI is InChI=1S/C15H23ClFNO2S/c1-5-11(3)10-18(6-2)21(19,20)15-8-13(9-16)7-14(17)12(15)4/h7-8,11H,5-6,9-10H2,1-4H3. The second-order valence-electron chi connectivity index (χ2n) is 5.30. The molecule has 0 amide bonds. The normalized spacial score (nSPS) is 13.7. The van der Waals surface area contributed by atoms with Gasteiger partial charge in [-0.2, -0.15) is 4.31 Å². The zero-order valence-electron chi connectivity index (χ0n) is 13.0. The highest BCUT2D eigenvalue weighted by atomic mass is 35.5. The van der Waals surface area contributed by atoms with E-state index in [0.29, 0.717) is 18.7 Å². The average Bonchev–Trinajstić information content (AvgIpc) is 2.46. The summed E-state index contributed by atoms with van der Waals surface area (Å²) in [7, 11) is -3.71. The molecule has 0 radical (unpaired) electrons. The fraction of sp³-hybridized carbons (Fsp3) is 0.600. The van der Waals surface area contributed by atoms with Crippen LogP contribution in [-0.4, -0.2) is 25.8 Å². The Morgan fingerprint density at radius 1 is 1.33 bits per heavy atom. The lowest BCUT2D eigenvalue weighted by Crippen LogP contribution is -2.35. The van der Waals surface area contributed by atoms with Gasteiger partial charge in [-0.15, -0.1) is 11.6 Å². The van der Waals surface area contributed by atoms with E-state index in [0.717, 1.165) is 6.42 Å². The third kappa shape index (κ3) is 4.18. The Balaban J connectivity index is 3.31. The molecule has 1 atom stereocenters. The monoisotopic (exact) mass is 335 g/mol. The van der Waals surface area contributed by atoms with Crippen molar-refractivity contribution in [2.24, 2.45) is 5.92 Å². The molecular formula is C15H23ClFNO2S. The Morgan fingerprint density at radius 3 is 2.43 bits per heavy atom. The van der Waals surface area contributed by atoms with Crippen molar-refractivity contribution in [3.63, 3.8) is 0 Å². The summed E-state index contributed by atoms with van der Waals surface area (Å²) in [6.45, 7) is 8.08. The van der Waals surface area contributed by atoms with Crippen LogP contribution in [0.1, 0.15) is 38.3 Å². The molecular weight excluding hydrogens is 313 g/mol. The van der Waals surface area contributed by atoms with E-state index in [1.54, 1.807) is 6.92 Å². The number of benzene rings is 1. The van der Waals surface area contributed by atoms with Crippen molar-refractivity contribution in [2.75, 3.05) is 13.1 Å². The Labute approximate surface area is 132 Å². The number of alkyl halides is 1. The molecule has 1 rings (SSSR count). The van der Waals surface area contributed by atoms with E-state index in [1.807, 2.05) is 13.8 Å². The molecule has 0 saturated heterocycles. The lowest BCUT2D eigenvalue weighted by atomic mass is 10.1. The van der Waals surface area contributed by atoms with Gasteiger partial charge in [0.1, 0.15) is 5.82 Å². The first-order valence-corrected chi connectivity index (χ1v) is 9.10. The molecule has 1 aromatic rings. The zero-order chi connectivity index (χ0) is 16.2. The van der Waals surface area contributed by atoms with Crippen molar-refractivity contribution < 1.29 is 12.8 Å². The number of hydrogen-bond donors (Lipinski definition) is 0. The summed E-state index contributed by atoms with van der Waals surface area (Å²) >= 11 is 5.72. The maximum atomic E-state index is 13.9. The summed E-state index contributed by atoms with van der Waals surface area (Å²) < 4.78 is 40.9. The van der Waals surface area contributed by atoms with E-state index in [4.69, 9.17) is 11.6 Å². The van der Waals surface area contributed by atoms with Gasteiger partial charge >= 0.3 is 0 Å². The van der Waals surface area contributed by atoms with Gasteiger partial charge in [0.2, 0.25) is 10.0 Å². The number of rotatable bonds is 7. The zero-order valence-corrected chi connectivity index (χ0v) is 14.6. The summed E-state index contributed by atoms with van der Waals surface area (Å²) in [4.78, 5) is 0.0169. The molecule has 0 aromatic heterocycles. The molecule has 0 spiro atoms. The van der Waals surface area contributed by atoms with Crippen LogP contribution in [-0.2, 0) is 15.9 Å². The first-order chi connectivity index (χ1) is 9.77. The first kappa shape index (κ1) is 18.4. The van der Waals surface area contributed by atoms with Gasteiger partial charge in [0.15, 0.2) is 0 Å². The lowest BCUT2D eigenvalue weighted by molar-refractivity contribution is 0.361.